The maximum atomic E-state index is 13.0. The Hall–Kier alpha value is -2.80. The van der Waals surface area contributed by atoms with Gasteiger partial charge in [-0.25, -0.2) is 0 Å². The summed E-state index contributed by atoms with van der Waals surface area (Å²) in [5.41, 5.74) is 0. The summed E-state index contributed by atoms with van der Waals surface area (Å²) in [6.45, 7) is 2.39. The molecule has 2 aliphatic heterocycles. The van der Waals surface area contributed by atoms with Crippen LogP contribution in [0.5, 0.6) is 0 Å². The lowest BCUT2D eigenvalue weighted by Gasteiger charge is -2.42. The summed E-state index contributed by atoms with van der Waals surface area (Å²) < 4.78 is 33.5. The zero-order valence-corrected chi connectivity index (χ0v) is 39.2. The number of aliphatic hydroxyl groups is 7. The molecule has 0 bridgehead atoms. The van der Waals surface area contributed by atoms with Gasteiger partial charge in [-0.2, -0.15) is 0 Å². The van der Waals surface area contributed by atoms with E-state index in [1.54, 1.807) is 0 Å². The minimum Gasteiger partial charge on any atom is -0.462 e. The van der Waals surface area contributed by atoms with Gasteiger partial charge in [0.25, 0.3) is 0 Å². The third kappa shape index (κ3) is 25.8. The number of ether oxygens (including phenoxy) is 6. The predicted molar refractivity (Wildman–Crippen MR) is 247 cm³/mol. The van der Waals surface area contributed by atoms with Crippen molar-refractivity contribution in [3.63, 3.8) is 0 Å². The predicted octanol–water partition coefficient (Wildman–Crippen LogP) is 6.10. The summed E-state index contributed by atoms with van der Waals surface area (Å²) in [6, 6.07) is 0. The molecule has 65 heavy (non-hydrogen) atoms. The molecule has 2 fully saturated rings. The molecule has 0 aromatic heterocycles. The van der Waals surface area contributed by atoms with Gasteiger partial charge < -0.3 is 64.2 Å². The van der Waals surface area contributed by atoms with Crippen molar-refractivity contribution in [3.8, 4) is 0 Å². The Bertz CT molecular complexity index is 1370. The molecule has 2 saturated heterocycles. The van der Waals surface area contributed by atoms with Crippen molar-refractivity contribution in [3.05, 3.63) is 60.8 Å². The van der Waals surface area contributed by atoms with Gasteiger partial charge in [0.2, 0.25) is 0 Å². The minimum absolute atomic E-state index is 0.109. The first-order valence-corrected chi connectivity index (χ1v) is 24.4. The van der Waals surface area contributed by atoms with Crippen molar-refractivity contribution in [1.29, 1.82) is 0 Å². The van der Waals surface area contributed by atoms with Gasteiger partial charge in [-0.1, -0.05) is 120 Å². The molecule has 0 aromatic rings. The zero-order chi connectivity index (χ0) is 47.5. The van der Waals surface area contributed by atoms with Crippen LogP contribution in [-0.4, -0.2) is 142 Å². The Labute approximate surface area is 388 Å². The van der Waals surface area contributed by atoms with Gasteiger partial charge in [0.1, 0.15) is 55.4 Å². The van der Waals surface area contributed by atoms with Gasteiger partial charge in [0, 0.05) is 12.8 Å². The average Bonchev–Trinajstić information content (AvgIpc) is 3.30. The lowest BCUT2D eigenvalue weighted by atomic mass is 9.98. The zero-order valence-electron chi connectivity index (χ0n) is 39.2. The molecular weight excluding hydrogens is 841 g/mol. The second kappa shape index (κ2) is 37.2. The maximum Gasteiger partial charge on any atom is 0.306 e. The molecule has 7 N–H and O–H groups in total. The van der Waals surface area contributed by atoms with Crippen molar-refractivity contribution >= 4 is 11.9 Å². The standard InChI is InChI=1S/C50H84O15/c1-3-5-7-9-11-13-15-17-19-21-23-25-27-29-31-33-42(53)63-38(35-60-41(52)32-30-28-26-24-22-20-18-16-14-12-10-8-6-4-2)36-61-49-48(59)46(57)44(55)40(65-49)37-62-50-47(58)45(56)43(54)39(34-51)64-50/h5,7,11,13,16-19,23,25,38-40,43-51,54-59H,3-4,6,8-10,12,14-15,20-22,24,26-37H2,1-2H3/b7-5-,13-11-,18-16-,19-17-,25-23-. The summed E-state index contributed by atoms with van der Waals surface area (Å²) >= 11 is 0. The first kappa shape index (κ1) is 58.3. The summed E-state index contributed by atoms with van der Waals surface area (Å²) in [4.78, 5) is 25.7. The molecule has 2 rings (SSSR count). The average molecular weight is 925 g/mol. The molecule has 0 aliphatic carbocycles. The van der Waals surface area contributed by atoms with E-state index in [0.29, 0.717) is 12.8 Å². The fourth-order valence-corrected chi connectivity index (χ4v) is 7.20. The van der Waals surface area contributed by atoms with Gasteiger partial charge in [0.15, 0.2) is 18.7 Å². The lowest BCUT2D eigenvalue weighted by molar-refractivity contribution is -0.332. The highest BCUT2D eigenvalue weighted by Gasteiger charge is 2.47. The number of unbranched alkanes of at least 4 members (excludes halogenated alkanes) is 12. The van der Waals surface area contributed by atoms with Crippen molar-refractivity contribution in [1.82, 2.24) is 0 Å². The molecular formula is C50H84O15. The monoisotopic (exact) mass is 925 g/mol. The molecule has 374 valence electrons. The summed E-state index contributed by atoms with van der Waals surface area (Å²) in [7, 11) is 0. The number of allylic oxidation sites excluding steroid dienone is 10. The highest BCUT2D eigenvalue weighted by molar-refractivity contribution is 5.70. The third-order valence-corrected chi connectivity index (χ3v) is 11.2. The van der Waals surface area contributed by atoms with Crippen LogP contribution in [-0.2, 0) is 38.0 Å². The minimum atomic E-state index is -1.78. The first-order chi connectivity index (χ1) is 31.5. The van der Waals surface area contributed by atoms with Crippen molar-refractivity contribution in [2.75, 3.05) is 26.4 Å². The van der Waals surface area contributed by atoms with Crippen molar-refractivity contribution in [2.24, 2.45) is 0 Å². The molecule has 0 aromatic carbocycles. The molecule has 2 heterocycles. The SMILES string of the molecule is CC/C=C\C/C=C\C/C=C\C/C=C\CCCCC(=O)OC(COC(=O)CCCCCCC/C=C\CCCCCCC)COC1OC(COC2OC(CO)C(O)C(O)C2O)C(O)C(O)C1O. The van der Waals surface area contributed by atoms with Crippen LogP contribution in [0.25, 0.3) is 0 Å². The van der Waals surface area contributed by atoms with Crippen LogP contribution in [0.1, 0.15) is 149 Å². The molecule has 0 amide bonds. The number of carbonyl (C=O) groups is 2. The van der Waals surface area contributed by atoms with E-state index in [4.69, 9.17) is 28.4 Å². The maximum absolute atomic E-state index is 13.0. The Kier molecular flexibility index (Phi) is 33.4. The van der Waals surface area contributed by atoms with E-state index < -0.39 is 99.3 Å². The number of rotatable bonds is 36. The highest BCUT2D eigenvalue weighted by Crippen LogP contribution is 2.26. The lowest BCUT2D eigenvalue weighted by Crippen LogP contribution is -2.61. The van der Waals surface area contributed by atoms with E-state index in [1.165, 1.54) is 32.1 Å². The van der Waals surface area contributed by atoms with Gasteiger partial charge >= 0.3 is 11.9 Å². The van der Waals surface area contributed by atoms with Crippen LogP contribution in [0.15, 0.2) is 60.8 Å². The quantitative estimate of drug-likeness (QED) is 0.0214. The number of carbonyl (C=O) groups excluding carboxylic acids is 2. The molecule has 11 atom stereocenters. The number of hydrogen-bond acceptors (Lipinski definition) is 15. The van der Waals surface area contributed by atoms with Crippen LogP contribution < -0.4 is 0 Å². The Morgan fingerprint density at radius 2 is 0.969 bits per heavy atom. The van der Waals surface area contributed by atoms with Crippen LogP contribution in [0.3, 0.4) is 0 Å². The number of esters is 2. The number of hydrogen-bond donors (Lipinski definition) is 7. The van der Waals surface area contributed by atoms with Gasteiger partial charge in [0.05, 0.1) is 19.8 Å². The van der Waals surface area contributed by atoms with Crippen LogP contribution in [0.2, 0.25) is 0 Å². The molecule has 0 spiro atoms. The fourth-order valence-electron chi connectivity index (χ4n) is 7.20. The van der Waals surface area contributed by atoms with Gasteiger partial charge in [-0.05, 0) is 77.0 Å². The normalized spacial score (nSPS) is 26.9. The molecule has 11 unspecified atom stereocenters. The Balaban J connectivity index is 1.86. The largest absolute Gasteiger partial charge is 0.462 e. The Morgan fingerprint density at radius 3 is 1.57 bits per heavy atom. The van der Waals surface area contributed by atoms with E-state index in [-0.39, 0.29) is 19.4 Å². The molecule has 0 saturated carbocycles. The summed E-state index contributed by atoms with van der Waals surface area (Å²) in [6.07, 6.45) is 24.0. The molecule has 2 aliphatic rings. The molecule has 0 radical (unpaired) electrons. The molecule has 15 heteroatoms. The van der Waals surface area contributed by atoms with Gasteiger partial charge in [-0.3, -0.25) is 9.59 Å². The van der Waals surface area contributed by atoms with Crippen molar-refractivity contribution < 1.29 is 73.8 Å². The van der Waals surface area contributed by atoms with Crippen LogP contribution in [0.4, 0.5) is 0 Å². The van der Waals surface area contributed by atoms with E-state index in [2.05, 4.69) is 74.6 Å². The van der Waals surface area contributed by atoms with Crippen LogP contribution in [0, 0.1) is 0 Å². The molecule has 15 nitrogen and oxygen atoms in total. The second-order valence-electron chi connectivity index (χ2n) is 16.9. The van der Waals surface area contributed by atoms with Gasteiger partial charge in [-0.15, -0.1) is 0 Å². The van der Waals surface area contributed by atoms with E-state index in [0.717, 1.165) is 77.0 Å². The van der Waals surface area contributed by atoms with Crippen LogP contribution >= 0.6 is 0 Å². The summed E-state index contributed by atoms with van der Waals surface area (Å²) in [5.74, 6) is -0.989. The summed E-state index contributed by atoms with van der Waals surface area (Å²) in [5, 5.41) is 72.0. The first-order valence-electron chi connectivity index (χ1n) is 24.4. The fraction of sp³-hybridized carbons (Fsp3) is 0.760. The smallest absolute Gasteiger partial charge is 0.306 e. The van der Waals surface area contributed by atoms with E-state index in [9.17, 15) is 45.3 Å². The Morgan fingerprint density at radius 1 is 0.508 bits per heavy atom. The third-order valence-electron chi connectivity index (χ3n) is 11.2. The van der Waals surface area contributed by atoms with E-state index >= 15 is 0 Å². The highest BCUT2D eigenvalue weighted by atomic mass is 16.7. The second-order valence-corrected chi connectivity index (χ2v) is 16.9. The van der Waals surface area contributed by atoms with Crippen molar-refractivity contribution in [2.45, 2.75) is 216 Å². The van der Waals surface area contributed by atoms with E-state index in [1.807, 2.05) is 0 Å². The number of aliphatic hydroxyl groups excluding tert-OH is 7. The topological polar surface area (TPSA) is 231 Å².